The van der Waals surface area contributed by atoms with Crippen LogP contribution in [0.5, 0.6) is 0 Å². The van der Waals surface area contributed by atoms with Gasteiger partial charge in [-0.25, -0.2) is 14.6 Å². The van der Waals surface area contributed by atoms with Crippen molar-refractivity contribution < 1.29 is 9.59 Å². The van der Waals surface area contributed by atoms with Crippen molar-refractivity contribution in [1.82, 2.24) is 25.1 Å². The topological polar surface area (TPSA) is 102 Å². The van der Waals surface area contributed by atoms with Gasteiger partial charge in [0.2, 0.25) is 11.8 Å². The molecule has 1 aliphatic rings. The number of nitrogens with one attached hydrogen (secondary N) is 2. The van der Waals surface area contributed by atoms with Crippen LogP contribution in [0.3, 0.4) is 0 Å². The third-order valence-corrected chi connectivity index (χ3v) is 4.08. The largest absolute Gasteiger partial charge is 0.347 e. The number of pyridine rings is 1. The first kappa shape index (κ1) is 16.1. The Morgan fingerprint density at radius 3 is 2.71 bits per heavy atom. The van der Waals surface area contributed by atoms with E-state index in [9.17, 15) is 9.59 Å². The molecule has 8 heteroatoms. The van der Waals surface area contributed by atoms with Crippen molar-refractivity contribution in [3.8, 4) is 5.82 Å². The fraction of sp³-hybridized carbons (Fsp3) is 0.438. The van der Waals surface area contributed by atoms with E-state index in [0.717, 1.165) is 25.7 Å². The van der Waals surface area contributed by atoms with Crippen LogP contribution in [0.25, 0.3) is 5.82 Å². The standard InChI is InChI=1S/C16H20N6O2/c23-15(9-19-16(24)12-4-2-1-3-5-12)21-13-6-7-14(18-8-13)22-11-17-10-20-22/h6-8,10-12H,1-5,9H2,(H,19,24)(H,21,23). The van der Waals surface area contributed by atoms with Gasteiger partial charge in [0.25, 0.3) is 0 Å². The normalized spacial score (nSPS) is 15.0. The molecule has 126 valence electrons. The number of hydrogen-bond acceptors (Lipinski definition) is 5. The van der Waals surface area contributed by atoms with Gasteiger partial charge < -0.3 is 10.6 Å². The lowest BCUT2D eigenvalue weighted by Gasteiger charge is -2.20. The number of rotatable bonds is 5. The van der Waals surface area contributed by atoms with Gasteiger partial charge in [0.05, 0.1) is 18.4 Å². The Hall–Kier alpha value is -2.77. The van der Waals surface area contributed by atoms with Gasteiger partial charge in [0.15, 0.2) is 5.82 Å². The molecule has 1 aliphatic carbocycles. The van der Waals surface area contributed by atoms with Crippen molar-refractivity contribution >= 4 is 17.5 Å². The van der Waals surface area contributed by atoms with Crippen molar-refractivity contribution in [3.05, 3.63) is 31.0 Å². The molecule has 2 aromatic rings. The van der Waals surface area contributed by atoms with E-state index in [0.29, 0.717) is 11.5 Å². The maximum atomic E-state index is 12.0. The van der Waals surface area contributed by atoms with Gasteiger partial charge in [-0.15, -0.1) is 0 Å². The summed E-state index contributed by atoms with van der Waals surface area (Å²) in [5.41, 5.74) is 0.566. The minimum Gasteiger partial charge on any atom is -0.347 e. The molecule has 1 saturated carbocycles. The highest BCUT2D eigenvalue weighted by Gasteiger charge is 2.21. The fourth-order valence-corrected chi connectivity index (χ4v) is 2.80. The van der Waals surface area contributed by atoms with E-state index in [1.165, 1.54) is 23.6 Å². The molecule has 8 nitrogen and oxygen atoms in total. The number of hydrogen-bond donors (Lipinski definition) is 2. The Balaban J connectivity index is 1.47. The Labute approximate surface area is 139 Å². The van der Waals surface area contributed by atoms with Gasteiger partial charge in [0.1, 0.15) is 12.7 Å². The molecule has 0 unspecified atom stereocenters. The highest BCUT2D eigenvalue weighted by Crippen LogP contribution is 2.23. The minimum absolute atomic E-state index is 0.0236. The lowest BCUT2D eigenvalue weighted by molar-refractivity contribution is -0.128. The number of carbonyl (C=O) groups is 2. The molecule has 1 fully saturated rings. The van der Waals surface area contributed by atoms with Crippen LogP contribution in [-0.2, 0) is 9.59 Å². The van der Waals surface area contributed by atoms with Crippen LogP contribution in [0.15, 0.2) is 31.0 Å². The quantitative estimate of drug-likeness (QED) is 0.861. The SMILES string of the molecule is O=C(CNC(=O)C1CCCCC1)Nc1ccc(-n2cncn2)nc1. The maximum absolute atomic E-state index is 12.0. The molecule has 0 saturated heterocycles. The van der Waals surface area contributed by atoms with Gasteiger partial charge in [0, 0.05) is 5.92 Å². The molecule has 0 spiro atoms. The van der Waals surface area contributed by atoms with Crippen molar-refractivity contribution in [2.75, 3.05) is 11.9 Å². The number of amides is 2. The summed E-state index contributed by atoms with van der Waals surface area (Å²) in [6, 6.07) is 3.45. The van der Waals surface area contributed by atoms with Gasteiger partial charge in [-0.1, -0.05) is 19.3 Å². The van der Waals surface area contributed by atoms with Gasteiger partial charge >= 0.3 is 0 Å². The maximum Gasteiger partial charge on any atom is 0.243 e. The summed E-state index contributed by atoms with van der Waals surface area (Å²) >= 11 is 0. The molecule has 0 bridgehead atoms. The first-order chi connectivity index (χ1) is 11.7. The van der Waals surface area contributed by atoms with E-state index >= 15 is 0 Å². The van der Waals surface area contributed by atoms with Crippen LogP contribution in [0, 0.1) is 5.92 Å². The zero-order chi connectivity index (χ0) is 16.8. The zero-order valence-electron chi connectivity index (χ0n) is 13.3. The first-order valence-corrected chi connectivity index (χ1v) is 8.11. The third kappa shape index (κ3) is 4.15. The molecule has 2 amide bonds. The Kier molecular flexibility index (Phi) is 5.15. The number of aromatic nitrogens is 4. The van der Waals surface area contributed by atoms with E-state index in [2.05, 4.69) is 25.7 Å². The molecule has 2 aromatic heterocycles. The van der Waals surface area contributed by atoms with Crippen LogP contribution in [0.1, 0.15) is 32.1 Å². The predicted molar refractivity (Wildman–Crippen MR) is 87.4 cm³/mol. The van der Waals surface area contributed by atoms with E-state index < -0.39 is 0 Å². The second kappa shape index (κ2) is 7.67. The van der Waals surface area contributed by atoms with Gasteiger partial charge in [-0.05, 0) is 25.0 Å². The summed E-state index contributed by atoms with van der Waals surface area (Å²) in [7, 11) is 0. The van der Waals surface area contributed by atoms with E-state index in [-0.39, 0.29) is 24.3 Å². The molecule has 0 aliphatic heterocycles. The van der Waals surface area contributed by atoms with Crippen LogP contribution in [0.2, 0.25) is 0 Å². The van der Waals surface area contributed by atoms with Crippen LogP contribution >= 0.6 is 0 Å². The summed E-state index contributed by atoms with van der Waals surface area (Å²) in [4.78, 5) is 32.0. The van der Waals surface area contributed by atoms with Gasteiger partial charge in [-0.3, -0.25) is 9.59 Å². The average Bonchev–Trinajstić information content (AvgIpc) is 3.16. The molecule has 2 heterocycles. The molecule has 0 aromatic carbocycles. The second-order valence-corrected chi connectivity index (χ2v) is 5.85. The Morgan fingerprint density at radius 2 is 2.04 bits per heavy atom. The lowest BCUT2D eigenvalue weighted by Crippen LogP contribution is -2.37. The number of nitrogens with zero attached hydrogens (tertiary/aromatic N) is 4. The summed E-state index contributed by atoms with van der Waals surface area (Å²) < 4.78 is 1.52. The van der Waals surface area contributed by atoms with Crippen molar-refractivity contribution in [2.45, 2.75) is 32.1 Å². The molecule has 0 radical (unpaired) electrons. The fourth-order valence-electron chi connectivity index (χ4n) is 2.80. The average molecular weight is 328 g/mol. The summed E-state index contributed by atoms with van der Waals surface area (Å²) in [5.74, 6) is 0.366. The van der Waals surface area contributed by atoms with Crippen molar-refractivity contribution in [1.29, 1.82) is 0 Å². The molecule has 0 atom stereocenters. The Bertz CT molecular complexity index is 677. The Morgan fingerprint density at radius 1 is 1.21 bits per heavy atom. The molecule has 3 rings (SSSR count). The van der Waals surface area contributed by atoms with E-state index in [1.54, 1.807) is 18.5 Å². The number of carbonyl (C=O) groups excluding carboxylic acids is 2. The summed E-state index contributed by atoms with van der Waals surface area (Å²) in [5, 5.41) is 9.40. The van der Waals surface area contributed by atoms with Crippen molar-refractivity contribution in [2.24, 2.45) is 5.92 Å². The highest BCUT2D eigenvalue weighted by molar-refractivity contribution is 5.94. The van der Waals surface area contributed by atoms with E-state index in [4.69, 9.17) is 0 Å². The molecular weight excluding hydrogens is 308 g/mol. The lowest BCUT2D eigenvalue weighted by atomic mass is 9.89. The second-order valence-electron chi connectivity index (χ2n) is 5.85. The zero-order valence-corrected chi connectivity index (χ0v) is 13.3. The molecule has 2 N–H and O–H groups in total. The smallest absolute Gasteiger partial charge is 0.243 e. The predicted octanol–water partition coefficient (Wildman–Crippen LogP) is 1.30. The minimum atomic E-state index is -0.269. The van der Waals surface area contributed by atoms with Crippen molar-refractivity contribution in [3.63, 3.8) is 0 Å². The first-order valence-electron chi connectivity index (χ1n) is 8.11. The summed E-state index contributed by atoms with van der Waals surface area (Å²) in [6.07, 6.45) is 9.72. The monoisotopic (exact) mass is 328 g/mol. The van der Waals surface area contributed by atoms with Gasteiger partial charge in [-0.2, -0.15) is 5.10 Å². The third-order valence-electron chi connectivity index (χ3n) is 4.08. The summed E-state index contributed by atoms with van der Waals surface area (Å²) in [6.45, 7) is -0.0276. The highest BCUT2D eigenvalue weighted by atomic mass is 16.2. The molecule has 24 heavy (non-hydrogen) atoms. The number of anilines is 1. The van der Waals surface area contributed by atoms with Crippen LogP contribution in [-0.4, -0.2) is 38.1 Å². The van der Waals surface area contributed by atoms with Crippen LogP contribution in [0.4, 0.5) is 5.69 Å². The van der Waals surface area contributed by atoms with E-state index in [1.807, 2.05) is 0 Å². The molecular formula is C16H20N6O2. The van der Waals surface area contributed by atoms with Crippen LogP contribution < -0.4 is 10.6 Å².